The zero-order chi connectivity index (χ0) is 9.30. The first-order valence-electron chi connectivity index (χ1n) is 5.23. The van der Waals surface area contributed by atoms with Crippen molar-refractivity contribution < 1.29 is 4.74 Å². The molecule has 0 N–H and O–H groups in total. The van der Waals surface area contributed by atoms with Gasteiger partial charge in [0.15, 0.2) is 0 Å². The number of ether oxygens (including phenoxy) is 1. The predicted molar refractivity (Wildman–Crippen MR) is 52.1 cm³/mol. The van der Waals surface area contributed by atoms with E-state index < -0.39 is 0 Å². The molecule has 0 aromatic heterocycles. The van der Waals surface area contributed by atoms with Crippen LogP contribution in [0, 0.1) is 17.8 Å². The molecular formula is C11H22O. The largest absolute Gasteiger partial charge is 0.375 e. The van der Waals surface area contributed by atoms with Gasteiger partial charge in [-0.2, -0.15) is 0 Å². The van der Waals surface area contributed by atoms with Crippen LogP contribution in [0.4, 0.5) is 0 Å². The summed E-state index contributed by atoms with van der Waals surface area (Å²) in [5.41, 5.74) is 0. The maximum absolute atomic E-state index is 5.93. The second kappa shape index (κ2) is 3.78. The van der Waals surface area contributed by atoms with Crippen molar-refractivity contribution in [3.63, 3.8) is 0 Å². The Morgan fingerprint density at radius 3 is 2.00 bits per heavy atom. The van der Waals surface area contributed by atoms with Crippen molar-refractivity contribution in [3.8, 4) is 0 Å². The highest BCUT2D eigenvalue weighted by atomic mass is 16.5. The first kappa shape index (κ1) is 10.0. The molecule has 0 aromatic rings. The van der Waals surface area contributed by atoms with Gasteiger partial charge in [0.2, 0.25) is 0 Å². The van der Waals surface area contributed by atoms with E-state index in [0.29, 0.717) is 18.1 Å². The third-order valence-electron chi connectivity index (χ3n) is 3.78. The van der Waals surface area contributed by atoms with Crippen LogP contribution in [0.3, 0.4) is 0 Å². The second-order valence-electron chi connectivity index (χ2n) is 4.37. The van der Waals surface area contributed by atoms with Crippen LogP contribution in [0.2, 0.25) is 0 Å². The van der Waals surface area contributed by atoms with Crippen LogP contribution in [0.25, 0.3) is 0 Å². The van der Waals surface area contributed by atoms with E-state index in [0.717, 1.165) is 18.3 Å². The Balaban J connectivity index is 2.63. The lowest BCUT2D eigenvalue weighted by Crippen LogP contribution is -2.42. The first-order valence-corrected chi connectivity index (χ1v) is 5.23. The van der Waals surface area contributed by atoms with Gasteiger partial charge in [0.1, 0.15) is 0 Å². The SMILES string of the molecule is CC[C@H]1OC(C)[C@H](C)[C@@H](C)[C@@H]1C. The average Bonchev–Trinajstić information content (AvgIpc) is 2.08. The minimum atomic E-state index is 0.446. The molecule has 1 heteroatoms. The van der Waals surface area contributed by atoms with Crippen LogP contribution in [0.5, 0.6) is 0 Å². The van der Waals surface area contributed by atoms with E-state index in [1.54, 1.807) is 0 Å². The van der Waals surface area contributed by atoms with Gasteiger partial charge in [-0.25, -0.2) is 0 Å². The lowest BCUT2D eigenvalue weighted by molar-refractivity contribution is -0.125. The van der Waals surface area contributed by atoms with Crippen LogP contribution in [-0.2, 0) is 4.74 Å². The summed E-state index contributed by atoms with van der Waals surface area (Å²) >= 11 is 0. The van der Waals surface area contributed by atoms with Crippen molar-refractivity contribution in [1.29, 1.82) is 0 Å². The van der Waals surface area contributed by atoms with Gasteiger partial charge in [0, 0.05) is 0 Å². The smallest absolute Gasteiger partial charge is 0.0604 e. The van der Waals surface area contributed by atoms with E-state index in [9.17, 15) is 0 Å². The molecule has 1 unspecified atom stereocenters. The highest BCUT2D eigenvalue weighted by Crippen LogP contribution is 2.35. The van der Waals surface area contributed by atoms with Gasteiger partial charge in [-0.05, 0) is 31.1 Å². The van der Waals surface area contributed by atoms with Gasteiger partial charge in [0.25, 0.3) is 0 Å². The molecule has 12 heavy (non-hydrogen) atoms. The first-order chi connectivity index (χ1) is 5.57. The van der Waals surface area contributed by atoms with Crippen molar-refractivity contribution >= 4 is 0 Å². The van der Waals surface area contributed by atoms with Gasteiger partial charge < -0.3 is 4.74 Å². The molecule has 1 saturated heterocycles. The summed E-state index contributed by atoms with van der Waals surface area (Å²) in [5, 5.41) is 0. The minimum absolute atomic E-state index is 0.446. The van der Waals surface area contributed by atoms with E-state index in [1.807, 2.05) is 0 Å². The monoisotopic (exact) mass is 170 g/mol. The Hall–Kier alpha value is -0.0400. The maximum Gasteiger partial charge on any atom is 0.0604 e. The molecule has 0 aliphatic carbocycles. The van der Waals surface area contributed by atoms with Gasteiger partial charge in [0.05, 0.1) is 12.2 Å². The summed E-state index contributed by atoms with van der Waals surface area (Å²) in [6.45, 7) is 11.4. The molecule has 72 valence electrons. The van der Waals surface area contributed by atoms with Crippen LogP contribution >= 0.6 is 0 Å². The van der Waals surface area contributed by atoms with Crippen molar-refractivity contribution in [1.82, 2.24) is 0 Å². The Kier molecular flexibility index (Phi) is 3.16. The van der Waals surface area contributed by atoms with Crippen molar-refractivity contribution in [3.05, 3.63) is 0 Å². The summed E-state index contributed by atoms with van der Waals surface area (Å²) in [6.07, 6.45) is 2.09. The van der Waals surface area contributed by atoms with Gasteiger partial charge in [-0.1, -0.05) is 27.7 Å². The van der Waals surface area contributed by atoms with Crippen LogP contribution in [0.15, 0.2) is 0 Å². The van der Waals surface area contributed by atoms with E-state index in [-0.39, 0.29) is 0 Å². The Bertz CT molecular complexity index is 139. The van der Waals surface area contributed by atoms with E-state index in [2.05, 4.69) is 34.6 Å². The fraction of sp³-hybridized carbons (Fsp3) is 1.00. The van der Waals surface area contributed by atoms with Crippen LogP contribution in [-0.4, -0.2) is 12.2 Å². The molecule has 0 bridgehead atoms. The summed E-state index contributed by atoms with van der Waals surface area (Å²) < 4.78 is 5.93. The fourth-order valence-electron chi connectivity index (χ4n) is 2.24. The lowest BCUT2D eigenvalue weighted by Gasteiger charge is -2.42. The van der Waals surface area contributed by atoms with E-state index in [1.165, 1.54) is 0 Å². The number of hydrogen-bond acceptors (Lipinski definition) is 1. The molecule has 0 spiro atoms. The molecule has 1 fully saturated rings. The summed E-state index contributed by atoms with van der Waals surface area (Å²) in [4.78, 5) is 0. The zero-order valence-corrected chi connectivity index (χ0v) is 9.00. The molecule has 1 aliphatic heterocycles. The third-order valence-corrected chi connectivity index (χ3v) is 3.78. The van der Waals surface area contributed by atoms with E-state index in [4.69, 9.17) is 4.74 Å². The Labute approximate surface area is 76.5 Å². The molecule has 0 saturated carbocycles. The second-order valence-corrected chi connectivity index (χ2v) is 4.37. The van der Waals surface area contributed by atoms with Crippen LogP contribution in [0.1, 0.15) is 41.0 Å². The Morgan fingerprint density at radius 1 is 0.917 bits per heavy atom. The quantitative estimate of drug-likeness (QED) is 0.587. The summed E-state index contributed by atoms with van der Waals surface area (Å²) in [5.74, 6) is 2.24. The molecular weight excluding hydrogens is 148 g/mol. The molecule has 0 amide bonds. The zero-order valence-electron chi connectivity index (χ0n) is 9.00. The number of hydrogen-bond donors (Lipinski definition) is 0. The van der Waals surface area contributed by atoms with Gasteiger partial charge >= 0.3 is 0 Å². The van der Waals surface area contributed by atoms with Crippen molar-refractivity contribution in [2.45, 2.75) is 53.2 Å². The summed E-state index contributed by atoms with van der Waals surface area (Å²) in [6, 6.07) is 0. The molecule has 1 aliphatic rings. The molecule has 1 rings (SSSR count). The molecule has 0 radical (unpaired) electrons. The minimum Gasteiger partial charge on any atom is -0.375 e. The van der Waals surface area contributed by atoms with Gasteiger partial charge in [-0.15, -0.1) is 0 Å². The van der Waals surface area contributed by atoms with Crippen LogP contribution < -0.4 is 0 Å². The van der Waals surface area contributed by atoms with Gasteiger partial charge in [-0.3, -0.25) is 0 Å². The molecule has 1 nitrogen and oxygen atoms in total. The third kappa shape index (κ3) is 1.66. The molecule has 1 heterocycles. The average molecular weight is 170 g/mol. The standard InChI is InChI=1S/C11H22O/c1-6-11-9(4)7(2)8(3)10(5)12-11/h7-11H,6H2,1-5H3/t7-,8-,9+,10?,11-/m1/s1. The highest BCUT2D eigenvalue weighted by molar-refractivity contribution is 4.83. The van der Waals surface area contributed by atoms with Crippen molar-refractivity contribution in [2.75, 3.05) is 0 Å². The maximum atomic E-state index is 5.93. The Morgan fingerprint density at radius 2 is 1.50 bits per heavy atom. The molecule has 0 aromatic carbocycles. The topological polar surface area (TPSA) is 9.23 Å². The van der Waals surface area contributed by atoms with Crippen molar-refractivity contribution in [2.24, 2.45) is 17.8 Å². The number of rotatable bonds is 1. The highest BCUT2D eigenvalue weighted by Gasteiger charge is 2.35. The van der Waals surface area contributed by atoms with E-state index >= 15 is 0 Å². The molecule has 5 atom stereocenters. The summed E-state index contributed by atoms with van der Waals surface area (Å²) in [7, 11) is 0. The predicted octanol–water partition coefficient (Wildman–Crippen LogP) is 3.09. The normalized spacial score (nSPS) is 49.2. The fourth-order valence-corrected chi connectivity index (χ4v) is 2.24. The lowest BCUT2D eigenvalue weighted by atomic mass is 9.76.